The van der Waals surface area contributed by atoms with Crippen molar-refractivity contribution in [3.8, 4) is 0 Å². The van der Waals surface area contributed by atoms with Crippen molar-refractivity contribution in [2.24, 2.45) is 7.05 Å². The van der Waals surface area contributed by atoms with E-state index in [9.17, 15) is 19.7 Å². The number of rotatable bonds is 6. The first kappa shape index (κ1) is 16.5. The molecule has 0 aliphatic carbocycles. The molecule has 1 aromatic carbocycles. The number of nitrogens with one attached hydrogen (secondary N) is 1. The molecule has 0 aliphatic heterocycles. The minimum Gasteiger partial charge on any atom is -0.461 e. The van der Waals surface area contributed by atoms with Gasteiger partial charge < -0.3 is 4.74 Å². The van der Waals surface area contributed by atoms with Gasteiger partial charge in [-0.05, 0) is 12.5 Å². The van der Waals surface area contributed by atoms with E-state index in [0.29, 0.717) is 5.56 Å². The highest BCUT2D eigenvalue weighted by molar-refractivity contribution is 5.89. The average Bonchev–Trinajstić information content (AvgIpc) is 2.82. The van der Waals surface area contributed by atoms with E-state index in [0.717, 1.165) is 4.68 Å². The molecule has 0 spiro atoms. The molecule has 1 unspecified atom stereocenters. The Morgan fingerprint density at radius 3 is 2.61 bits per heavy atom. The number of aromatic nitrogens is 2. The molecule has 1 heterocycles. The standard InChI is InChI=1S/C15H17N3O5/c1-3-23-15(20)13-12(14(19)17(2)16-13)11(9-18(21)22)10-7-5-4-6-8-10/h4-8,11,16H,3,9H2,1-2H3. The minimum absolute atomic E-state index is 0.0462. The van der Waals surface area contributed by atoms with Crippen LogP contribution in [0.4, 0.5) is 0 Å². The second-order valence-electron chi connectivity index (χ2n) is 4.96. The van der Waals surface area contributed by atoms with Gasteiger partial charge in [-0.1, -0.05) is 30.3 Å². The molecule has 0 aliphatic rings. The van der Waals surface area contributed by atoms with Gasteiger partial charge in [-0.25, -0.2) is 4.79 Å². The Labute approximate surface area is 131 Å². The number of hydrogen-bond acceptors (Lipinski definition) is 5. The Kier molecular flexibility index (Phi) is 4.95. The highest BCUT2D eigenvalue weighted by Crippen LogP contribution is 2.25. The maximum Gasteiger partial charge on any atom is 0.356 e. The van der Waals surface area contributed by atoms with Gasteiger partial charge in [0.15, 0.2) is 0 Å². The first-order valence-corrected chi connectivity index (χ1v) is 7.08. The predicted molar refractivity (Wildman–Crippen MR) is 82.1 cm³/mol. The van der Waals surface area contributed by atoms with Crippen molar-refractivity contribution in [1.29, 1.82) is 0 Å². The van der Waals surface area contributed by atoms with Crippen molar-refractivity contribution in [3.63, 3.8) is 0 Å². The van der Waals surface area contributed by atoms with Crippen LogP contribution in [0.3, 0.4) is 0 Å². The van der Waals surface area contributed by atoms with Crippen LogP contribution >= 0.6 is 0 Å². The quantitative estimate of drug-likeness (QED) is 0.490. The van der Waals surface area contributed by atoms with Crippen LogP contribution in [0.5, 0.6) is 0 Å². The van der Waals surface area contributed by atoms with Gasteiger partial charge in [-0.2, -0.15) is 0 Å². The number of H-pyrrole nitrogens is 1. The molecule has 0 fully saturated rings. The fourth-order valence-electron chi connectivity index (χ4n) is 2.45. The fraction of sp³-hybridized carbons (Fsp3) is 0.333. The third kappa shape index (κ3) is 3.47. The summed E-state index contributed by atoms with van der Waals surface area (Å²) < 4.78 is 6.06. The molecule has 0 amide bonds. The smallest absolute Gasteiger partial charge is 0.356 e. The van der Waals surface area contributed by atoms with Crippen molar-refractivity contribution in [3.05, 3.63) is 67.6 Å². The van der Waals surface area contributed by atoms with E-state index in [1.807, 2.05) is 0 Å². The summed E-state index contributed by atoms with van der Waals surface area (Å²) >= 11 is 0. The van der Waals surface area contributed by atoms with Crippen LogP contribution in [-0.4, -0.2) is 33.8 Å². The summed E-state index contributed by atoms with van der Waals surface area (Å²) in [6.45, 7) is 1.29. The van der Waals surface area contributed by atoms with Gasteiger partial charge in [0.1, 0.15) is 5.69 Å². The van der Waals surface area contributed by atoms with Crippen LogP contribution in [0.25, 0.3) is 0 Å². The monoisotopic (exact) mass is 319 g/mol. The lowest BCUT2D eigenvalue weighted by atomic mass is 9.91. The lowest BCUT2D eigenvalue weighted by molar-refractivity contribution is -0.481. The summed E-state index contributed by atoms with van der Waals surface area (Å²) in [6, 6.07) is 8.60. The van der Waals surface area contributed by atoms with Gasteiger partial charge in [0.2, 0.25) is 6.54 Å². The zero-order chi connectivity index (χ0) is 17.0. The molecule has 122 valence electrons. The number of esters is 1. The van der Waals surface area contributed by atoms with Gasteiger partial charge in [-0.3, -0.25) is 24.7 Å². The van der Waals surface area contributed by atoms with E-state index < -0.39 is 28.9 Å². The highest BCUT2D eigenvalue weighted by Gasteiger charge is 2.31. The number of nitrogens with zero attached hydrogens (tertiary/aromatic N) is 2. The fourth-order valence-corrected chi connectivity index (χ4v) is 2.45. The normalized spacial score (nSPS) is 11.9. The number of carbonyl (C=O) groups is 1. The van der Waals surface area contributed by atoms with Gasteiger partial charge in [0.05, 0.1) is 18.1 Å². The van der Waals surface area contributed by atoms with Crippen LogP contribution < -0.4 is 5.56 Å². The number of carbonyl (C=O) groups excluding carboxylic acids is 1. The maximum atomic E-state index is 12.4. The third-order valence-electron chi connectivity index (χ3n) is 3.45. The van der Waals surface area contributed by atoms with Crippen LogP contribution in [0.2, 0.25) is 0 Å². The Balaban J connectivity index is 2.61. The summed E-state index contributed by atoms with van der Waals surface area (Å²) in [7, 11) is 1.45. The SMILES string of the molecule is CCOC(=O)c1[nH]n(C)c(=O)c1C(C[N+](=O)[O-])c1ccccc1. The Morgan fingerprint density at radius 2 is 2.04 bits per heavy atom. The summed E-state index contributed by atoms with van der Waals surface area (Å²) in [5.74, 6) is -1.54. The average molecular weight is 319 g/mol. The summed E-state index contributed by atoms with van der Waals surface area (Å²) in [5, 5.41) is 13.7. The zero-order valence-corrected chi connectivity index (χ0v) is 12.8. The molecule has 0 saturated carbocycles. The van der Waals surface area contributed by atoms with Crippen molar-refractivity contribution in [2.45, 2.75) is 12.8 Å². The molecule has 0 bridgehead atoms. The third-order valence-corrected chi connectivity index (χ3v) is 3.45. The minimum atomic E-state index is -0.837. The topological polar surface area (TPSA) is 107 Å². The van der Waals surface area contributed by atoms with Crippen molar-refractivity contribution >= 4 is 5.97 Å². The number of ether oxygens (including phenoxy) is 1. The van der Waals surface area contributed by atoms with E-state index in [1.165, 1.54) is 7.05 Å². The number of aromatic amines is 1. The number of hydrogen-bond donors (Lipinski definition) is 1. The predicted octanol–water partition coefficient (Wildman–Crippen LogP) is 1.30. The second kappa shape index (κ2) is 6.91. The molecule has 1 atom stereocenters. The van der Waals surface area contributed by atoms with E-state index >= 15 is 0 Å². The molecule has 2 rings (SSSR count). The Hall–Kier alpha value is -2.90. The van der Waals surface area contributed by atoms with Crippen molar-refractivity contribution in [1.82, 2.24) is 9.78 Å². The van der Waals surface area contributed by atoms with E-state index in [1.54, 1.807) is 37.3 Å². The molecule has 2 aromatic rings. The van der Waals surface area contributed by atoms with Gasteiger partial charge in [0.25, 0.3) is 5.56 Å². The zero-order valence-electron chi connectivity index (χ0n) is 12.8. The lowest BCUT2D eigenvalue weighted by Crippen LogP contribution is -2.24. The molecule has 8 heteroatoms. The largest absolute Gasteiger partial charge is 0.461 e. The van der Waals surface area contributed by atoms with E-state index in [2.05, 4.69) is 5.10 Å². The molecule has 1 N–H and O–H groups in total. The highest BCUT2D eigenvalue weighted by atomic mass is 16.6. The summed E-state index contributed by atoms with van der Waals surface area (Å²) in [4.78, 5) is 35.0. The van der Waals surface area contributed by atoms with Crippen LogP contribution in [0, 0.1) is 10.1 Å². The number of benzene rings is 1. The van der Waals surface area contributed by atoms with Gasteiger partial charge >= 0.3 is 5.97 Å². The number of nitro groups is 1. The van der Waals surface area contributed by atoms with E-state index in [-0.39, 0.29) is 17.9 Å². The lowest BCUT2D eigenvalue weighted by Gasteiger charge is -2.12. The summed E-state index contributed by atoms with van der Waals surface area (Å²) in [5.41, 5.74) is 0.110. The Morgan fingerprint density at radius 1 is 1.39 bits per heavy atom. The summed E-state index contributed by atoms with van der Waals surface area (Å²) in [6.07, 6.45) is 0. The molecule has 0 radical (unpaired) electrons. The number of aryl methyl sites for hydroxylation is 1. The molecule has 8 nitrogen and oxygen atoms in total. The maximum absolute atomic E-state index is 12.4. The van der Waals surface area contributed by atoms with Crippen LogP contribution in [-0.2, 0) is 11.8 Å². The molecular weight excluding hydrogens is 302 g/mol. The van der Waals surface area contributed by atoms with Gasteiger partial charge in [0, 0.05) is 12.0 Å². The van der Waals surface area contributed by atoms with Crippen molar-refractivity contribution < 1.29 is 14.5 Å². The van der Waals surface area contributed by atoms with Crippen LogP contribution in [0.15, 0.2) is 35.1 Å². The first-order valence-electron chi connectivity index (χ1n) is 7.08. The molecular formula is C15H17N3O5. The molecule has 0 saturated heterocycles. The Bertz CT molecular complexity index is 763. The second-order valence-corrected chi connectivity index (χ2v) is 4.96. The van der Waals surface area contributed by atoms with Crippen LogP contribution in [0.1, 0.15) is 34.5 Å². The van der Waals surface area contributed by atoms with Crippen molar-refractivity contribution in [2.75, 3.05) is 13.2 Å². The van der Waals surface area contributed by atoms with Gasteiger partial charge in [-0.15, -0.1) is 0 Å². The van der Waals surface area contributed by atoms with E-state index in [4.69, 9.17) is 4.74 Å². The molecule has 23 heavy (non-hydrogen) atoms. The first-order chi connectivity index (χ1) is 11.0. The molecule has 1 aromatic heterocycles.